The van der Waals surface area contributed by atoms with Gasteiger partial charge in [0.2, 0.25) is 0 Å². The first-order valence-corrected chi connectivity index (χ1v) is 10.2. The van der Waals surface area contributed by atoms with Gasteiger partial charge in [-0.2, -0.15) is 0 Å². The number of carbonyl (C=O) groups excluding carboxylic acids is 3. The van der Waals surface area contributed by atoms with Crippen molar-refractivity contribution in [1.29, 1.82) is 0 Å². The van der Waals surface area contributed by atoms with Gasteiger partial charge in [-0.05, 0) is 41.5 Å². The molecule has 1 saturated heterocycles. The Labute approximate surface area is 180 Å². The lowest BCUT2D eigenvalue weighted by Gasteiger charge is -2.26. The molecule has 6 heteroatoms. The number of carbonyl (C=O) groups is 3. The lowest BCUT2D eigenvalue weighted by molar-refractivity contribution is -0.122. The summed E-state index contributed by atoms with van der Waals surface area (Å²) in [5.74, 6) is -0.814. The van der Waals surface area contributed by atoms with Gasteiger partial charge in [0.1, 0.15) is 11.3 Å². The second kappa shape index (κ2) is 8.83. The molecule has 1 fully saturated rings. The second-order valence-electron chi connectivity index (χ2n) is 7.19. The van der Waals surface area contributed by atoms with Gasteiger partial charge in [0.15, 0.2) is 0 Å². The van der Waals surface area contributed by atoms with Gasteiger partial charge in [-0.1, -0.05) is 61.9 Å². The number of fused-ring (bicyclic) bond motifs is 1. The molecule has 156 valence electrons. The topological polar surface area (TPSA) is 75.7 Å². The summed E-state index contributed by atoms with van der Waals surface area (Å²) in [6.07, 6.45) is 3.39. The van der Waals surface area contributed by atoms with Crippen molar-refractivity contribution in [2.45, 2.75) is 19.8 Å². The maximum atomic E-state index is 13.2. The highest BCUT2D eigenvalue weighted by molar-refractivity contribution is 6.39. The van der Waals surface area contributed by atoms with Crippen LogP contribution >= 0.6 is 0 Å². The maximum absolute atomic E-state index is 13.2. The monoisotopic (exact) mass is 414 g/mol. The van der Waals surface area contributed by atoms with Crippen LogP contribution in [0.25, 0.3) is 16.8 Å². The van der Waals surface area contributed by atoms with E-state index in [1.165, 1.54) is 6.08 Å². The van der Waals surface area contributed by atoms with Gasteiger partial charge in [0.05, 0.1) is 12.3 Å². The maximum Gasteiger partial charge on any atom is 0.335 e. The van der Waals surface area contributed by atoms with Gasteiger partial charge in [-0.15, -0.1) is 0 Å². The van der Waals surface area contributed by atoms with Crippen LogP contribution in [0, 0.1) is 0 Å². The van der Waals surface area contributed by atoms with Crippen LogP contribution in [0.1, 0.15) is 25.3 Å². The Balaban J connectivity index is 1.82. The largest absolute Gasteiger partial charge is 0.493 e. The number of unbranched alkanes of at least 4 members (excludes halogenated alkanes) is 1. The lowest BCUT2D eigenvalue weighted by Crippen LogP contribution is -2.54. The highest BCUT2D eigenvalue weighted by atomic mass is 16.5. The van der Waals surface area contributed by atoms with E-state index in [-0.39, 0.29) is 5.57 Å². The average molecular weight is 414 g/mol. The van der Waals surface area contributed by atoms with Gasteiger partial charge in [0, 0.05) is 5.56 Å². The van der Waals surface area contributed by atoms with E-state index in [1.54, 1.807) is 30.3 Å². The second-order valence-corrected chi connectivity index (χ2v) is 7.19. The van der Waals surface area contributed by atoms with E-state index >= 15 is 0 Å². The number of anilines is 1. The molecular formula is C25H22N2O4. The zero-order valence-electron chi connectivity index (χ0n) is 17.1. The Morgan fingerprint density at radius 3 is 2.45 bits per heavy atom. The van der Waals surface area contributed by atoms with Gasteiger partial charge in [-0.3, -0.25) is 14.9 Å². The molecule has 3 aromatic carbocycles. The molecule has 1 heterocycles. The van der Waals surface area contributed by atoms with Crippen molar-refractivity contribution in [3.8, 4) is 5.75 Å². The summed E-state index contributed by atoms with van der Waals surface area (Å²) in [5.41, 5.74) is 0.899. The normalized spacial score (nSPS) is 15.5. The molecule has 4 rings (SSSR count). The van der Waals surface area contributed by atoms with Crippen molar-refractivity contribution in [1.82, 2.24) is 5.32 Å². The summed E-state index contributed by atoms with van der Waals surface area (Å²) >= 11 is 0. The number of hydrogen-bond acceptors (Lipinski definition) is 4. The zero-order valence-corrected chi connectivity index (χ0v) is 17.1. The number of barbiturate groups is 1. The van der Waals surface area contributed by atoms with Crippen molar-refractivity contribution in [3.63, 3.8) is 0 Å². The van der Waals surface area contributed by atoms with E-state index in [2.05, 4.69) is 12.2 Å². The summed E-state index contributed by atoms with van der Waals surface area (Å²) in [6.45, 7) is 2.60. The summed E-state index contributed by atoms with van der Waals surface area (Å²) in [6, 6.07) is 19.2. The molecule has 3 aromatic rings. The molecule has 4 amide bonds. The van der Waals surface area contributed by atoms with Crippen molar-refractivity contribution in [2.75, 3.05) is 11.5 Å². The first kappa shape index (κ1) is 20.3. The number of benzene rings is 3. The first-order valence-electron chi connectivity index (χ1n) is 10.2. The molecule has 1 N–H and O–H groups in total. The number of nitrogens with zero attached hydrogens (tertiary/aromatic N) is 1. The SMILES string of the molecule is CCCCOc1ccc2ccccc2c1/C=C1/C(=O)NC(=O)N(c2ccccc2)C1=O. The average Bonchev–Trinajstić information content (AvgIpc) is 2.78. The van der Waals surface area contributed by atoms with E-state index in [0.29, 0.717) is 23.6 Å². The molecule has 0 aliphatic carbocycles. The van der Waals surface area contributed by atoms with Crippen LogP contribution in [0.15, 0.2) is 72.3 Å². The van der Waals surface area contributed by atoms with E-state index in [9.17, 15) is 14.4 Å². The van der Waals surface area contributed by atoms with Crippen LogP contribution in [-0.2, 0) is 9.59 Å². The molecule has 0 atom stereocenters. The summed E-state index contributed by atoms with van der Waals surface area (Å²) in [7, 11) is 0. The minimum Gasteiger partial charge on any atom is -0.493 e. The predicted molar refractivity (Wildman–Crippen MR) is 120 cm³/mol. The third-order valence-corrected chi connectivity index (χ3v) is 5.09. The summed E-state index contributed by atoms with van der Waals surface area (Å²) < 4.78 is 5.96. The van der Waals surface area contributed by atoms with Crippen LogP contribution in [0.2, 0.25) is 0 Å². The molecule has 0 spiro atoms. The third-order valence-electron chi connectivity index (χ3n) is 5.09. The summed E-state index contributed by atoms with van der Waals surface area (Å²) in [4.78, 5) is 39.2. The molecule has 1 aliphatic heterocycles. The van der Waals surface area contributed by atoms with Crippen LogP contribution in [0.5, 0.6) is 5.75 Å². The predicted octanol–water partition coefficient (Wildman–Crippen LogP) is 4.69. The van der Waals surface area contributed by atoms with Gasteiger partial charge in [-0.25, -0.2) is 9.69 Å². The number of urea groups is 1. The van der Waals surface area contributed by atoms with Crippen LogP contribution in [0.3, 0.4) is 0 Å². The Bertz CT molecular complexity index is 1180. The van der Waals surface area contributed by atoms with Gasteiger partial charge >= 0.3 is 6.03 Å². The van der Waals surface area contributed by atoms with Crippen molar-refractivity contribution >= 4 is 40.4 Å². The molecule has 0 unspecified atom stereocenters. The molecule has 6 nitrogen and oxygen atoms in total. The fraction of sp³-hybridized carbons (Fsp3) is 0.160. The molecule has 1 aliphatic rings. The minimum absolute atomic E-state index is 0.125. The third kappa shape index (κ3) is 4.05. The van der Waals surface area contributed by atoms with Crippen LogP contribution in [0.4, 0.5) is 10.5 Å². The number of hydrogen-bond donors (Lipinski definition) is 1. The standard InChI is InChI=1S/C25H22N2O4/c1-2-3-15-31-22-14-13-17-9-7-8-12-19(17)20(22)16-21-23(28)26-25(30)27(24(21)29)18-10-5-4-6-11-18/h4-14,16H,2-3,15H2,1H3,(H,26,28,30)/b21-16-. The summed E-state index contributed by atoms with van der Waals surface area (Å²) in [5, 5.41) is 4.08. The van der Waals surface area contributed by atoms with Gasteiger partial charge in [0.25, 0.3) is 11.8 Å². The molecular weight excluding hydrogens is 392 g/mol. The highest BCUT2D eigenvalue weighted by Gasteiger charge is 2.37. The first-order chi connectivity index (χ1) is 15.1. The molecule has 0 bridgehead atoms. The molecule has 0 saturated carbocycles. The number of imide groups is 2. The van der Waals surface area contributed by atoms with Gasteiger partial charge < -0.3 is 4.74 Å². The quantitative estimate of drug-likeness (QED) is 0.361. The Morgan fingerprint density at radius 2 is 1.68 bits per heavy atom. The van der Waals surface area contributed by atoms with E-state index in [0.717, 1.165) is 28.5 Å². The number of rotatable bonds is 6. The number of nitrogens with one attached hydrogen (secondary N) is 1. The fourth-order valence-electron chi connectivity index (χ4n) is 3.49. The Kier molecular flexibility index (Phi) is 5.80. The molecule has 31 heavy (non-hydrogen) atoms. The molecule has 0 aromatic heterocycles. The minimum atomic E-state index is -0.768. The van der Waals surface area contributed by atoms with E-state index in [4.69, 9.17) is 4.74 Å². The van der Waals surface area contributed by atoms with Crippen LogP contribution in [-0.4, -0.2) is 24.5 Å². The Hall–Kier alpha value is -3.93. The Morgan fingerprint density at radius 1 is 0.935 bits per heavy atom. The lowest BCUT2D eigenvalue weighted by atomic mass is 9.99. The highest BCUT2D eigenvalue weighted by Crippen LogP contribution is 2.32. The smallest absolute Gasteiger partial charge is 0.335 e. The zero-order chi connectivity index (χ0) is 21.8. The van der Waals surface area contributed by atoms with E-state index < -0.39 is 17.8 Å². The number of amides is 4. The van der Waals surface area contributed by atoms with Crippen molar-refractivity contribution < 1.29 is 19.1 Å². The van der Waals surface area contributed by atoms with Crippen molar-refractivity contribution in [3.05, 3.63) is 77.9 Å². The van der Waals surface area contributed by atoms with Crippen molar-refractivity contribution in [2.24, 2.45) is 0 Å². The molecule has 0 radical (unpaired) electrons. The van der Waals surface area contributed by atoms with E-state index in [1.807, 2.05) is 36.4 Å². The fourth-order valence-corrected chi connectivity index (χ4v) is 3.49. The number of ether oxygens (including phenoxy) is 1. The number of para-hydroxylation sites is 1. The van der Waals surface area contributed by atoms with Crippen LogP contribution < -0.4 is 15.0 Å².